The number of benzene rings is 6. The lowest BCUT2D eigenvalue weighted by molar-refractivity contribution is 0.671. The van der Waals surface area contributed by atoms with Crippen LogP contribution in [0.5, 0.6) is 0 Å². The van der Waals surface area contributed by atoms with Gasteiger partial charge in [0.25, 0.3) is 0 Å². The minimum Gasteiger partial charge on any atom is -0.454 e. The maximum absolute atomic E-state index is 6.73. The molecule has 0 unspecified atom stereocenters. The Bertz CT molecular complexity index is 2190. The highest BCUT2D eigenvalue weighted by Gasteiger charge is 2.23. The molecule has 6 aromatic carbocycles. The van der Waals surface area contributed by atoms with Gasteiger partial charge in [-0.05, 0) is 59.0 Å². The second kappa shape index (κ2) is 8.22. The number of fused-ring (bicyclic) bond motifs is 9. The maximum Gasteiger partial charge on any atom is 0.160 e. The smallest absolute Gasteiger partial charge is 0.160 e. The summed E-state index contributed by atoms with van der Waals surface area (Å²) in [4.78, 5) is 0. The normalized spacial score (nSPS) is 11.9. The van der Waals surface area contributed by atoms with Crippen LogP contribution in [0.2, 0.25) is 5.02 Å². The lowest BCUT2D eigenvalue weighted by Crippen LogP contribution is -1.94. The monoisotopic (exact) mass is 571 g/mol. The first-order chi connectivity index (χ1) is 18.7. The van der Waals surface area contributed by atoms with Gasteiger partial charge < -0.3 is 8.98 Å². The van der Waals surface area contributed by atoms with Crippen LogP contribution in [-0.4, -0.2) is 4.57 Å². The van der Waals surface area contributed by atoms with E-state index in [9.17, 15) is 0 Å². The van der Waals surface area contributed by atoms with E-state index in [0.29, 0.717) is 5.02 Å². The van der Waals surface area contributed by atoms with Crippen molar-refractivity contribution in [1.29, 1.82) is 0 Å². The molecule has 0 aliphatic carbocycles. The fourth-order valence-corrected chi connectivity index (χ4v) is 6.77. The molecule has 180 valence electrons. The van der Waals surface area contributed by atoms with Gasteiger partial charge in [0.05, 0.1) is 11.0 Å². The van der Waals surface area contributed by atoms with Crippen LogP contribution in [0, 0.1) is 0 Å². The third-order valence-corrected chi connectivity index (χ3v) is 8.13. The first-order valence-electron chi connectivity index (χ1n) is 12.5. The molecule has 0 fully saturated rings. The van der Waals surface area contributed by atoms with E-state index in [4.69, 9.17) is 16.0 Å². The van der Waals surface area contributed by atoms with Gasteiger partial charge in [0, 0.05) is 42.1 Å². The second-order valence-corrected chi connectivity index (χ2v) is 11.0. The number of hydrogen-bond donors (Lipinski definition) is 0. The van der Waals surface area contributed by atoms with Crippen LogP contribution < -0.4 is 0 Å². The van der Waals surface area contributed by atoms with Crippen molar-refractivity contribution >= 4 is 82.0 Å². The molecule has 2 nitrogen and oxygen atoms in total. The van der Waals surface area contributed by atoms with Crippen molar-refractivity contribution in [1.82, 2.24) is 4.57 Å². The van der Waals surface area contributed by atoms with Crippen LogP contribution in [0.3, 0.4) is 0 Å². The molecule has 4 heteroatoms. The van der Waals surface area contributed by atoms with E-state index in [2.05, 4.69) is 111 Å². The number of rotatable bonds is 2. The van der Waals surface area contributed by atoms with E-state index >= 15 is 0 Å². The molecule has 0 spiro atoms. The molecule has 0 aliphatic heterocycles. The van der Waals surface area contributed by atoms with Gasteiger partial charge in [-0.2, -0.15) is 0 Å². The van der Waals surface area contributed by atoms with E-state index in [1.54, 1.807) is 0 Å². The molecule has 8 rings (SSSR count). The SMILES string of the molecule is Clc1cc(Br)cc(-c2cc3c4ccc5ccccc5c4n(-c4ccccc4)c3c3oc4ccccc4c23)c1. The largest absolute Gasteiger partial charge is 0.454 e. The summed E-state index contributed by atoms with van der Waals surface area (Å²) in [5.74, 6) is 0. The Labute approximate surface area is 231 Å². The number of nitrogens with zero attached hydrogens (tertiary/aromatic N) is 1. The van der Waals surface area contributed by atoms with Crippen molar-refractivity contribution in [3.05, 3.63) is 125 Å². The number of halogens is 2. The molecular weight excluding hydrogens is 554 g/mol. The maximum atomic E-state index is 6.73. The van der Waals surface area contributed by atoms with E-state index in [1.165, 1.54) is 21.7 Å². The standard InChI is InChI=1S/C34H19BrClNO/c35-22-16-21(17-23(36)18-22)28-19-29-26-15-14-20-8-4-5-11-25(20)32(26)37(24-9-2-1-3-10-24)33(29)34-31(28)27-12-6-7-13-30(27)38-34/h1-19H. The Kier molecular flexibility index (Phi) is 4.76. The summed E-state index contributed by atoms with van der Waals surface area (Å²) in [6.45, 7) is 0. The van der Waals surface area contributed by atoms with Crippen molar-refractivity contribution in [2.75, 3.05) is 0 Å². The summed E-state index contributed by atoms with van der Waals surface area (Å²) in [5.41, 5.74) is 7.23. The van der Waals surface area contributed by atoms with Crippen LogP contribution in [0.15, 0.2) is 124 Å². The first kappa shape index (κ1) is 22.0. The zero-order valence-corrected chi connectivity index (χ0v) is 22.4. The molecule has 8 aromatic rings. The lowest BCUT2D eigenvalue weighted by Gasteiger charge is -2.11. The fourth-order valence-electron chi connectivity index (χ4n) is 5.91. The highest BCUT2D eigenvalue weighted by molar-refractivity contribution is 9.10. The quantitative estimate of drug-likeness (QED) is 0.201. The van der Waals surface area contributed by atoms with E-state index in [-0.39, 0.29) is 0 Å². The Morgan fingerprint density at radius 1 is 0.632 bits per heavy atom. The number of hydrogen-bond acceptors (Lipinski definition) is 1. The second-order valence-electron chi connectivity index (χ2n) is 9.63. The summed E-state index contributed by atoms with van der Waals surface area (Å²) in [7, 11) is 0. The van der Waals surface area contributed by atoms with Crippen LogP contribution >= 0.6 is 27.5 Å². The first-order valence-corrected chi connectivity index (χ1v) is 13.7. The van der Waals surface area contributed by atoms with Gasteiger partial charge in [0.2, 0.25) is 0 Å². The fraction of sp³-hybridized carbons (Fsp3) is 0. The highest BCUT2D eigenvalue weighted by Crippen LogP contribution is 2.46. The van der Waals surface area contributed by atoms with Crippen LogP contribution in [0.25, 0.3) is 71.3 Å². The van der Waals surface area contributed by atoms with Crippen LogP contribution in [0.4, 0.5) is 0 Å². The molecule has 0 saturated heterocycles. The summed E-state index contributed by atoms with van der Waals surface area (Å²) in [6, 6.07) is 40.3. The van der Waals surface area contributed by atoms with E-state index < -0.39 is 0 Å². The molecule has 2 heterocycles. The van der Waals surface area contributed by atoms with Gasteiger partial charge in [-0.1, -0.05) is 100 Å². The van der Waals surface area contributed by atoms with Gasteiger partial charge in [-0.3, -0.25) is 0 Å². The molecule has 0 atom stereocenters. The van der Waals surface area contributed by atoms with Crippen molar-refractivity contribution in [2.24, 2.45) is 0 Å². The zero-order chi connectivity index (χ0) is 25.4. The number of aromatic nitrogens is 1. The number of furan rings is 1. The van der Waals surface area contributed by atoms with Crippen LogP contribution in [-0.2, 0) is 0 Å². The average Bonchev–Trinajstić information content (AvgIpc) is 3.49. The van der Waals surface area contributed by atoms with Gasteiger partial charge >= 0.3 is 0 Å². The molecule has 0 N–H and O–H groups in total. The van der Waals surface area contributed by atoms with Crippen molar-refractivity contribution in [2.45, 2.75) is 0 Å². The van der Waals surface area contributed by atoms with Crippen molar-refractivity contribution in [3.63, 3.8) is 0 Å². The Morgan fingerprint density at radius 3 is 2.24 bits per heavy atom. The van der Waals surface area contributed by atoms with E-state index in [0.717, 1.165) is 54.1 Å². The summed E-state index contributed by atoms with van der Waals surface area (Å²) in [5, 5.41) is 7.62. The average molecular weight is 573 g/mol. The van der Waals surface area contributed by atoms with Crippen LogP contribution in [0.1, 0.15) is 0 Å². The Balaban J connectivity index is 1.68. The predicted octanol–water partition coefficient (Wildman–Crippen LogP) is 10.9. The summed E-state index contributed by atoms with van der Waals surface area (Å²) >= 11 is 10.2. The third-order valence-electron chi connectivity index (χ3n) is 7.45. The molecule has 0 aliphatic rings. The Morgan fingerprint density at radius 2 is 1.39 bits per heavy atom. The predicted molar refractivity (Wildman–Crippen MR) is 164 cm³/mol. The topological polar surface area (TPSA) is 18.1 Å². The van der Waals surface area contributed by atoms with Crippen molar-refractivity contribution < 1.29 is 4.42 Å². The molecular formula is C34H19BrClNO. The number of para-hydroxylation sites is 2. The molecule has 0 radical (unpaired) electrons. The molecule has 0 amide bonds. The highest BCUT2D eigenvalue weighted by atomic mass is 79.9. The van der Waals surface area contributed by atoms with Gasteiger partial charge in [-0.15, -0.1) is 0 Å². The van der Waals surface area contributed by atoms with Gasteiger partial charge in [0.1, 0.15) is 5.58 Å². The summed E-state index contributed by atoms with van der Waals surface area (Å²) in [6.07, 6.45) is 0. The van der Waals surface area contributed by atoms with E-state index in [1.807, 2.05) is 24.3 Å². The Hall–Kier alpha value is -4.05. The molecule has 38 heavy (non-hydrogen) atoms. The van der Waals surface area contributed by atoms with Gasteiger partial charge in [-0.25, -0.2) is 0 Å². The molecule has 0 saturated carbocycles. The molecule has 0 bridgehead atoms. The lowest BCUT2D eigenvalue weighted by atomic mass is 9.96. The van der Waals surface area contributed by atoms with Crippen molar-refractivity contribution in [3.8, 4) is 16.8 Å². The third kappa shape index (κ3) is 3.13. The minimum absolute atomic E-state index is 0.688. The zero-order valence-electron chi connectivity index (χ0n) is 20.1. The minimum atomic E-state index is 0.688. The van der Waals surface area contributed by atoms with Gasteiger partial charge in [0.15, 0.2) is 5.58 Å². The summed E-state index contributed by atoms with van der Waals surface area (Å²) < 4.78 is 10.0. The molecule has 2 aromatic heterocycles.